The molecule has 6 aliphatic carbocycles. The topological polar surface area (TPSA) is 65.7 Å². The number of nitrogens with two attached hydrogens (primary N) is 1. The summed E-state index contributed by atoms with van der Waals surface area (Å²) in [7, 11) is 0. The number of nitrogens with one attached hydrogen (secondary N) is 2. The molecule has 0 spiro atoms. The van der Waals surface area contributed by atoms with Crippen LogP contribution in [0.1, 0.15) is 161 Å². The van der Waals surface area contributed by atoms with Crippen LogP contribution in [0.5, 0.6) is 0 Å². The van der Waals surface area contributed by atoms with E-state index in [2.05, 4.69) is 106 Å². The zero-order chi connectivity index (χ0) is 38.4. The molecular formula is C50H75N5. The largest absolute Gasteiger partial charge is 0.385 e. The van der Waals surface area contributed by atoms with Crippen molar-refractivity contribution >= 4 is 5.84 Å². The Bertz CT molecular complexity index is 1630. The lowest BCUT2D eigenvalue weighted by molar-refractivity contribution is 0.187. The summed E-state index contributed by atoms with van der Waals surface area (Å²) >= 11 is 0. The number of hydrogen-bond acceptors (Lipinski definition) is 4. The van der Waals surface area contributed by atoms with E-state index in [1.807, 2.05) is 5.01 Å². The molecule has 0 bridgehead atoms. The SMILES string of the molecule is CC1C=CCC(CN=C(c2ccc(C3CCCCC3C)cc2)N(N)CNC2=C(C3C=CC[C@H](C)C3)C=C(C3(C)CCCCC3NC3=CCCC(C)C3)CC2)C1. The minimum Gasteiger partial charge on any atom is -0.385 e. The van der Waals surface area contributed by atoms with E-state index in [0.29, 0.717) is 42.3 Å². The lowest BCUT2D eigenvalue weighted by Crippen LogP contribution is -2.48. The predicted molar refractivity (Wildman–Crippen MR) is 233 cm³/mol. The fraction of sp³-hybridized carbons (Fsp3) is 0.660. The van der Waals surface area contributed by atoms with Crippen molar-refractivity contribution in [2.75, 3.05) is 13.2 Å². The first-order valence-electron chi connectivity index (χ1n) is 22.8. The molecule has 6 aliphatic rings. The molecule has 0 amide bonds. The number of hydrazine groups is 1. The van der Waals surface area contributed by atoms with Gasteiger partial charge in [0.1, 0.15) is 12.5 Å². The smallest absolute Gasteiger partial charge is 0.146 e. The van der Waals surface area contributed by atoms with Crippen LogP contribution in [0.15, 0.2) is 88.3 Å². The summed E-state index contributed by atoms with van der Waals surface area (Å²) in [5.74, 6) is 12.5. The monoisotopic (exact) mass is 746 g/mol. The maximum absolute atomic E-state index is 7.10. The van der Waals surface area contributed by atoms with E-state index in [1.165, 1.54) is 112 Å². The lowest BCUT2D eigenvalue weighted by Gasteiger charge is -2.46. The Kier molecular flexibility index (Phi) is 13.5. The fourth-order valence-electron chi connectivity index (χ4n) is 11.3. The zero-order valence-electron chi connectivity index (χ0n) is 35.3. The summed E-state index contributed by atoms with van der Waals surface area (Å²) in [5, 5.41) is 10.0. The molecule has 5 heteroatoms. The summed E-state index contributed by atoms with van der Waals surface area (Å²) in [4.78, 5) is 5.33. The van der Waals surface area contributed by atoms with Crippen molar-refractivity contribution in [3.63, 3.8) is 0 Å². The molecule has 0 radical (unpaired) electrons. The highest BCUT2D eigenvalue weighted by molar-refractivity contribution is 5.98. The van der Waals surface area contributed by atoms with Gasteiger partial charge in [-0.15, -0.1) is 0 Å². The third-order valence-electron chi connectivity index (χ3n) is 14.8. The Morgan fingerprint density at radius 3 is 2.47 bits per heavy atom. The van der Waals surface area contributed by atoms with Gasteiger partial charge in [0, 0.05) is 40.9 Å². The van der Waals surface area contributed by atoms with Crippen LogP contribution in [0.2, 0.25) is 0 Å². The zero-order valence-corrected chi connectivity index (χ0v) is 35.3. The van der Waals surface area contributed by atoms with Gasteiger partial charge < -0.3 is 10.6 Å². The second-order valence-corrected chi connectivity index (χ2v) is 19.4. The second kappa shape index (κ2) is 18.5. The summed E-state index contributed by atoms with van der Waals surface area (Å²) in [6.45, 7) is 13.6. The molecule has 0 aromatic heterocycles. The van der Waals surface area contributed by atoms with E-state index in [-0.39, 0.29) is 5.41 Å². The second-order valence-electron chi connectivity index (χ2n) is 19.4. The Morgan fingerprint density at radius 1 is 0.891 bits per heavy atom. The normalized spacial score (nSPS) is 34.5. The summed E-state index contributed by atoms with van der Waals surface area (Å²) < 4.78 is 0. The third-order valence-corrected chi connectivity index (χ3v) is 14.8. The van der Waals surface area contributed by atoms with Crippen LogP contribution in [-0.2, 0) is 0 Å². The maximum atomic E-state index is 7.10. The van der Waals surface area contributed by atoms with Crippen LogP contribution in [0.25, 0.3) is 0 Å². The molecule has 0 aliphatic heterocycles. The van der Waals surface area contributed by atoms with Crippen LogP contribution < -0.4 is 16.5 Å². The van der Waals surface area contributed by atoms with Gasteiger partial charge >= 0.3 is 0 Å². The number of hydrogen-bond donors (Lipinski definition) is 3. The molecule has 7 rings (SSSR count). The van der Waals surface area contributed by atoms with Gasteiger partial charge in [0.05, 0.1) is 0 Å². The average Bonchev–Trinajstić information content (AvgIpc) is 3.18. The quantitative estimate of drug-likeness (QED) is 0.0527. The van der Waals surface area contributed by atoms with Gasteiger partial charge in [-0.05, 0) is 124 Å². The van der Waals surface area contributed by atoms with Crippen LogP contribution in [0.3, 0.4) is 0 Å². The van der Waals surface area contributed by atoms with Crippen molar-refractivity contribution < 1.29 is 0 Å². The lowest BCUT2D eigenvalue weighted by atomic mass is 9.63. The van der Waals surface area contributed by atoms with Gasteiger partial charge in [0.15, 0.2) is 0 Å². The van der Waals surface area contributed by atoms with E-state index < -0.39 is 0 Å². The summed E-state index contributed by atoms with van der Waals surface area (Å²) in [6, 6.07) is 9.84. The van der Waals surface area contributed by atoms with Crippen molar-refractivity contribution in [3.05, 3.63) is 94.4 Å². The maximum Gasteiger partial charge on any atom is 0.146 e. The molecular weight excluding hydrogens is 671 g/mol. The molecule has 55 heavy (non-hydrogen) atoms. The van der Waals surface area contributed by atoms with E-state index in [4.69, 9.17) is 10.8 Å². The highest BCUT2D eigenvalue weighted by Gasteiger charge is 2.41. The van der Waals surface area contributed by atoms with Crippen molar-refractivity contribution in [2.24, 2.45) is 51.8 Å². The fourth-order valence-corrected chi connectivity index (χ4v) is 11.3. The van der Waals surface area contributed by atoms with Gasteiger partial charge in [-0.25, -0.2) is 5.84 Å². The van der Waals surface area contributed by atoms with Gasteiger partial charge in [-0.3, -0.25) is 10.0 Å². The number of nitrogens with zero attached hydrogens (tertiary/aromatic N) is 2. The first kappa shape index (κ1) is 40.2. The Labute approximate surface area is 335 Å². The first-order chi connectivity index (χ1) is 26.7. The van der Waals surface area contributed by atoms with Crippen LogP contribution in [-0.4, -0.2) is 30.1 Å². The molecule has 1 aromatic carbocycles. The number of allylic oxidation sites excluding steroid dienone is 9. The standard InChI is InChI=1S/C50H75N5/c1-35-13-10-17-39(29-35)33-52-49(41-24-22-40(23-25-41)45-20-7-6-16-38(45)4)55(51)34-53-47-27-26-43(32-46(47)42-18-11-14-36(2)30-42)50(5)28-9-8-21-48(50)54-44-19-12-15-37(3)31-44/h10-11,13,18-19,22-25,32,35-39,42,45,48,53-54H,6-9,12,14-17,20-21,26-31,33-34,51H2,1-5H3/t35?,36-,37?,38?,39?,42?,45?,48?,50?/m0/s1. The molecule has 0 saturated heterocycles. The minimum atomic E-state index is 0.174. The van der Waals surface area contributed by atoms with E-state index in [9.17, 15) is 0 Å². The average molecular weight is 746 g/mol. The highest BCUT2D eigenvalue weighted by Crippen LogP contribution is 2.48. The first-order valence-corrected chi connectivity index (χ1v) is 22.8. The summed E-state index contributed by atoms with van der Waals surface area (Å²) in [5.41, 5.74) is 8.83. The Hall–Kier alpha value is -3.05. The molecule has 5 nitrogen and oxygen atoms in total. The highest BCUT2D eigenvalue weighted by atomic mass is 15.5. The van der Waals surface area contributed by atoms with Crippen molar-refractivity contribution in [2.45, 2.75) is 156 Å². The van der Waals surface area contributed by atoms with Crippen molar-refractivity contribution in [3.8, 4) is 0 Å². The molecule has 9 atom stereocenters. The Morgan fingerprint density at radius 2 is 1.69 bits per heavy atom. The predicted octanol–water partition coefficient (Wildman–Crippen LogP) is 11.9. The molecule has 300 valence electrons. The number of benzene rings is 1. The van der Waals surface area contributed by atoms with Crippen molar-refractivity contribution in [1.29, 1.82) is 0 Å². The van der Waals surface area contributed by atoms with E-state index in [0.717, 1.165) is 49.0 Å². The molecule has 8 unspecified atom stereocenters. The van der Waals surface area contributed by atoms with Crippen LogP contribution in [0, 0.1) is 40.9 Å². The van der Waals surface area contributed by atoms with Gasteiger partial charge in [-0.1, -0.05) is 133 Å². The molecule has 2 saturated carbocycles. The molecule has 4 N–H and O–H groups in total. The number of aliphatic imine (C=N–C) groups is 1. The van der Waals surface area contributed by atoms with E-state index in [1.54, 1.807) is 5.57 Å². The summed E-state index contributed by atoms with van der Waals surface area (Å²) in [6.07, 6.45) is 36.0. The van der Waals surface area contributed by atoms with Gasteiger partial charge in [0.2, 0.25) is 0 Å². The molecule has 2 fully saturated rings. The van der Waals surface area contributed by atoms with Crippen molar-refractivity contribution in [1.82, 2.24) is 15.6 Å². The molecule has 0 heterocycles. The van der Waals surface area contributed by atoms with Gasteiger partial charge in [-0.2, -0.15) is 0 Å². The number of amidine groups is 1. The Balaban J connectivity index is 1.14. The van der Waals surface area contributed by atoms with Crippen LogP contribution >= 0.6 is 0 Å². The van der Waals surface area contributed by atoms with E-state index >= 15 is 0 Å². The number of rotatable bonds is 11. The minimum absolute atomic E-state index is 0.174. The molecule has 1 aromatic rings. The van der Waals surface area contributed by atoms with Gasteiger partial charge in [0.25, 0.3) is 0 Å². The van der Waals surface area contributed by atoms with Crippen LogP contribution in [0.4, 0.5) is 0 Å². The third kappa shape index (κ3) is 9.92.